The molecule has 0 fully saturated rings. The lowest BCUT2D eigenvalue weighted by Crippen LogP contribution is -2.34. The first-order valence-electron chi connectivity index (χ1n) is 6.39. The molecule has 0 aromatic carbocycles. The lowest BCUT2D eigenvalue weighted by molar-refractivity contribution is -0.120. The number of amides is 1. The molecule has 0 atom stereocenters. The third-order valence-corrected chi connectivity index (χ3v) is 2.55. The third kappa shape index (κ3) is 5.04. The predicted octanol–water partition coefficient (Wildman–Crippen LogP) is 1.51. The quantitative estimate of drug-likeness (QED) is 0.720. The standard InChI is InChI=1S/C13H23N3O/c1-3-7-15-13(17)11-14-10-12-6-5-9-16(12)8-4-2/h5-6,9,14H,3-4,7-8,10-11H2,1-2H3,(H,15,17). The van der Waals surface area contributed by atoms with Crippen LogP contribution < -0.4 is 10.6 Å². The zero-order chi connectivity index (χ0) is 12.5. The van der Waals surface area contributed by atoms with Crippen LogP contribution in [-0.4, -0.2) is 23.6 Å². The smallest absolute Gasteiger partial charge is 0.233 e. The maximum atomic E-state index is 11.4. The summed E-state index contributed by atoms with van der Waals surface area (Å²) in [5.74, 6) is 0.0699. The summed E-state index contributed by atoms with van der Waals surface area (Å²) in [6, 6.07) is 4.14. The number of carbonyl (C=O) groups is 1. The Balaban J connectivity index is 2.25. The minimum absolute atomic E-state index is 0.0699. The third-order valence-electron chi connectivity index (χ3n) is 2.55. The largest absolute Gasteiger partial charge is 0.355 e. The van der Waals surface area contributed by atoms with Gasteiger partial charge in [-0.2, -0.15) is 0 Å². The van der Waals surface area contributed by atoms with Crippen LogP contribution in [0.1, 0.15) is 32.4 Å². The van der Waals surface area contributed by atoms with Crippen LogP contribution in [0, 0.1) is 0 Å². The highest BCUT2D eigenvalue weighted by Crippen LogP contribution is 2.02. The van der Waals surface area contributed by atoms with Gasteiger partial charge in [0.25, 0.3) is 0 Å². The fourth-order valence-electron chi connectivity index (χ4n) is 1.70. The van der Waals surface area contributed by atoms with E-state index in [-0.39, 0.29) is 5.91 Å². The second kappa shape index (κ2) is 7.90. The average molecular weight is 237 g/mol. The van der Waals surface area contributed by atoms with Crippen LogP contribution in [0.25, 0.3) is 0 Å². The van der Waals surface area contributed by atoms with Crippen molar-refractivity contribution in [2.24, 2.45) is 0 Å². The average Bonchev–Trinajstić information content (AvgIpc) is 2.75. The van der Waals surface area contributed by atoms with Crippen molar-refractivity contribution in [3.8, 4) is 0 Å². The molecule has 2 N–H and O–H groups in total. The van der Waals surface area contributed by atoms with E-state index in [2.05, 4.69) is 34.4 Å². The van der Waals surface area contributed by atoms with Gasteiger partial charge in [-0.25, -0.2) is 0 Å². The summed E-state index contributed by atoms with van der Waals surface area (Å²) in [5.41, 5.74) is 1.23. The summed E-state index contributed by atoms with van der Waals surface area (Å²) in [5, 5.41) is 6.01. The van der Waals surface area contributed by atoms with E-state index >= 15 is 0 Å². The normalized spacial score (nSPS) is 10.5. The Bertz CT molecular complexity index is 333. The van der Waals surface area contributed by atoms with Gasteiger partial charge in [-0.1, -0.05) is 13.8 Å². The van der Waals surface area contributed by atoms with Crippen molar-refractivity contribution in [2.75, 3.05) is 13.1 Å². The first kappa shape index (κ1) is 13.8. The summed E-state index contributed by atoms with van der Waals surface area (Å²) >= 11 is 0. The van der Waals surface area contributed by atoms with Gasteiger partial charge in [-0.15, -0.1) is 0 Å². The summed E-state index contributed by atoms with van der Waals surface area (Å²) in [7, 11) is 0. The van der Waals surface area contributed by atoms with Crippen molar-refractivity contribution in [1.29, 1.82) is 0 Å². The molecule has 0 bridgehead atoms. The molecule has 0 saturated heterocycles. The monoisotopic (exact) mass is 237 g/mol. The summed E-state index contributed by atoms with van der Waals surface area (Å²) in [4.78, 5) is 11.4. The second-order valence-corrected chi connectivity index (χ2v) is 4.15. The van der Waals surface area contributed by atoms with Crippen molar-refractivity contribution in [1.82, 2.24) is 15.2 Å². The molecule has 4 heteroatoms. The molecule has 4 nitrogen and oxygen atoms in total. The maximum Gasteiger partial charge on any atom is 0.233 e. The lowest BCUT2D eigenvalue weighted by Gasteiger charge is -2.09. The summed E-state index contributed by atoms with van der Waals surface area (Å²) in [6.45, 7) is 7.13. The Kier molecular flexibility index (Phi) is 6.40. The molecule has 0 saturated carbocycles. The fourth-order valence-corrected chi connectivity index (χ4v) is 1.70. The van der Waals surface area contributed by atoms with Gasteiger partial charge in [0.05, 0.1) is 6.54 Å². The zero-order valence-electron chi connectivity index (χ0n) is 10.8. The number of hydrogen-bond acceptors (Lipinski definition) is 2. The van der Waals surface area contributed by atoms with Crippen molar-refractivity contribution >= 4 is 5.91 Å². The molecule has 0 aliphatic rings. The van der Waals surface area contributed by atoms with E-state index in [0.717, 1.165) is 32.5 Å². The van der Waals surface area contributed by atoms with Crippen molar-refractivity contribution in [3.05, 3.63) is 24.0 Å². The molecule has 1 rings (SSSR count). The van der Waals surface area contributed by atoms with Gasteiger partial charge in [0.1, 0.15) is 0 Å². The van der Waals surface area contributed by atoms with Crippen molar-refractivity contribution < 1.29 is 4.79 Å². The van der Waals surface area contributed by atoms with Gasteiger partial charge >= 0.3 is 0 Å². The molecule has 0 unspecified atom stereocenters. The Morgan fingerprint density at radius 1 is 1.35 bits per heavy atom. The van der Waals surface area contributed by atoms with E-state index in [4.69, 9.17) is 0 Å². The van der Waals surface area contributed by atoms with Gasteiger partial charge in [0.15, 0.2) is 0 Å². The molecule has 0 aliphatic heterocycles. The summed E-state index contributed by atoms with van der Waals surface area (Å²) < 4.78 is 2.22. The van der Waals surface area contributed by atoms with E-state index in [0.29, 0.717) is 6.54 Å². The molecule has 96 valence electrons. The fraction of sp³-hybridized carbons (Fsp3) is 0.615. The van der Waals surface area contributed by atoms with Crippen LogP contribution in [0.5, 0.6) is 0 Å². The van der Waals surface area contributed by atoms with E-state index in [1.807, 2.05) is 13.0 Å². The van der Waals surface area contributed by atoms with Crippen molar-refractivity contribution in [2.45, 2.75) is 39.8 Å². The van der Waals surface area contributed by atoms with Crippen LogP contribution in [-0.2, 0) is 17.9 Å². The number of nitrogens with zero attached hydrogens (tertiary/aromatic N) is 1. The van der Waals surface area contributed by atoms with Gasteiger partial charge in [-0.3, -0.25) is 4.79 Å². The predicted molar refractivity (Wildman–Crippen MR) is 69.7 cm³/mol. The van der Waals surface area contributed by atoms with E-state index in [9.17, 15) is 4.79 Å². The highest BCUT2D eigenvalue weighted by atomic mass is 16.1. The molecular weight excluding hydrogens is 214 g/mol. The van der Waals surface area contributed by atoms with Crippen LogP contribution in [0.2, 0.25) is 0 Å². The number of carbonyl (C=O) groups excluding carboxylic acids is 1. The first-order chi connectivity index (χ1) is 8.27. The number of rotatable bonds is 8. The van der Waals surface area contributed by atoms with Crippen LogP contribution in [0.3, 0.4) is 0 Å². The molecule has 0 aliphatic carbocycles. The van der Waals surface area contributed by atoms with E-state index in [1.54, 1.807) is 0 Å². The van der Waals surface area contributed by atoms with Gasteiger partial charge in [0, 0.05) is 31.5 Å². The number of aromatic nitrogens is 1. The molecule has 0 radical (unpaired) electrons. The van der Waals surface area contributed by atoms with E-state index in [1.165, 1.54) is 5.69 Å². The molecule has 17 heavy (non-hydrogen) atoms. The molecule has 1 aromatic heterocycles. The molecule has 1 heterocycles. The van der Waals surface area contributed by atoms with E-state index < -0.39 is 0 Å². The Labute approximate surface area is 103 Å². The molecule has 1 amide bonds. The molecule has 0 spiro atoms. The lowest BCUT2D eigenvalue weighted by atomic mass is 10.4. The van der Waals surface area contributed by atoms with Gasteiger partial charge in [-0.05, 0) is 25.0 Å². The molecular formula is C13H23N3O. The Morgan fingerprint density at radius 2 is 2.18 bits per heavy atom. The first-order valence-corrected chi connectivity index (χ1v) is 6.39. The molecule has 1 aromatic rings. The maximum absolute atomic E-state index is 11.4. The van der Waals surface area contributed by atoms with Crippen molar-refractivity contribution in [3.63, 3.8) is 0 Å². The topological polar surface area (TPSA) is 46.1 Å². The van der Waals surface area contributed by atoms with Crippen LogP contribution >= 0.6 is 0 Å². The minimum Gasteiger partial charge on any atom is -0.355 e. The Hall–Kier alpha value is -1.29. The zero-order valence-corrected chi connectivity index (χ0v) is 10.8. The highest BCUT2D eigenvalue weighted by molar-refractivity contribution is 5.77. The number of nitrogens with one attached hydrogen (secondary N) is 2. The number of hydrogen-bond donors (Lipinski definition) is 2. The SMILES string of the molecule is CCCNC(=O)CNCc1cccn1CCC. The van der Waals surface area contributed by atoms with Gasteiger partial charge in [0.2, 0.25) is 5.91 Å². The van der Waals surface area contributed by atoms with Gasteiger partial charge < -0.3 is 15.2 Å². The summed E-state index contributed by atoms with van der Waals surface area (Å²) in [6.07, 6.45) is 4.18. The highest BCUT2D eigenvalue weighted by Gasteiger charge is 2.02. The Morgan fingerprint density at radius 3 is 2.88 bits per heavy atom. The minimum atomic E-state index is 0.0699. The second-order valence-electron chi connectivity index (χ2n) is 4.15. The van der Waals surface area contributed by atoms with Crippen LogP contribution in [0.4, 0.5) is 0 Å². The number of aryl methyl sites for hydroxylation is 1. The van der Waals surface area contributed by atoms with Crippen LogP contribution in [0.15, 0.2) is 18.3 Å².